The van der Waals surface area contributed by atoms with Gasteiger partial charge in [-0.2, -0.15) is 13.2 Å². The molecule has 2 aromatic carbocycles. The van der Waals surface area contributed by atoms with E-state index >= 15 is 0 Å². The van der Waals surface area contributed by atoms with Gasteiger partial charge in [-0.1, -0.05) is 18.2 Å². The average molecular weight is 381 g/mol. The van der Waals surface area contributed by atoms with Crippen molar-refractivity contribution in [1.82, 2.24) is 4.98 Å². The molecule has 23 heavy (non-hydrogen) atoms. The summed E-state index contributed by atoms with van der Waals surface area (Å²) in [6.07, 6.45) is -4.38. The molecule has 0 amide bonds. The Labute approximate surface area is 139 Å². The number of fused-ring (bicyclic) bond motifs is 1. The molecule has 2 nitrogen and oxygen atoms in total. The van der Waals surface area contributed by atoms with Gasteiger partial charge in [-0.05, 0) is 53.2 Å². The summed E-state index contributed by atoms with van der Waals surface area (Å²) in [5, 5.41) is 3.88. The van der Waals surface area contributed by atoms with E-state index in [1.54, 1.807) is 6.92 Å². The number of nitrogens with zero attached hydrogens (tertiary/aromatic N) is 1. The average Bonchev–Trinajstić information content (AvgIpc) is 2.48. The molecule has 0 radical (unpaired) electrons. The minimum Gasteiger partial charge on any atom is -0.354 e. The lowest BCUT2D eigenvalue weighted by Crippen LogP contribution is -2.05. The molecular formula is C17H12BrF3N2. The summed E-state index contributed by atoms with van der Waals surface area (Å²) < 4.78 is 39.5. The first-order valence-corrected chi connectivity index (χ1v) is 7.64. The van der Waals surface area contributed by atoms with Gasteiger partial charge in [-0.15, -0.1) is 0 Å². The minimum atomic E-state index is -4.38. The van der Waals surface area contributed by atoms with Crippen LogP contribution in [0.3, 0.4) is 0 Å². The Hall–Kier alpha value is -2.08. The van der Waals surface area contributed by atoms with E-state index < -0.39 is 11.7 Å². The van der Waals surface area contributed by atoms with Gasteiger partial charge in [0.2, 0.25) is 0 Å². The quantitative estimate of drug-likeness (QED) is 0.583. The monoisotopic (exact) mass is 380 g/mol. The van der Waals surface area contributed by atoms with Gasteiger partial charge in [0.05, 0.1) is 16.8 Å². The molecule has 0 spiro atoms. The van der Waals surface area contributed by atoms with E-state index in [0.29, 0.717) is 22.3 Å². The number of aryl methyl sites for hydroxylation is 1. The summed E-state index contributed by atoms with van der Waals surface area (Å²) in [6.45, 7) is 1.75. The highest BCUT2D eigenvalue weighted by Gasteiger charge is 2.30. The highest BCUT2D eigenvalue weighted by Crippen LogP contribution is 2.34. The Balaban J connectivity index is 2.12. The van der Waals surface area contributed by atoms with Crippen molar-refractivity contribution in [2.75, 3.05) is 5.32 Å². The molecule has 0 unspecified atom stereocenters. The molecule has 1 N–H and O–H groups in total. The summed E-state index contributed by atoms with van der Waals surface area (Å²) in [4.78, 5) is 4.22. The molecule has 0 bridgehead atoms. The van der Waals surface area contributed by atoms with E-state index in [9.17, 15) is 13.2 Å². The maximum Gasteiger partial charge on any atom is 0.416 e. The Kier molecular flexibility index (Phi) is 4.02. The van der Waals surface area contributed by atoms with E-state index in [2.05, 4.69) is 26.2 Å². The maximum atomic E-state index is 12.9. The fraction of sp³-hybridized carbons (Fsp3) is 0.118. The molecule has 3 aromatic rings. The number of alkyl halides is 3. The smallest absolute Gasteiger partial charge is 0.354 e. The van der Waals surface area contributed by atoms with Crippen LogP contribution in [0.2, 0.25) is 0 Å². The van der Waals surface area contributed by atoms with Gasteiger partial charge in [0.25, 0.3) is 0 Å². The number of hydrogen-bond acceptors (Lipinski definition) is 2. The Morgan fingerprint density at radius 3 is 2.43 bits per heavy atom. The molecule has 0 atom stereocenters. The summed E-state index contributed by atoms with van der Waals surface area (Å²) in [6, 6.07) is 13.0. The normalized spacial score (nSPS) is 11.7. The molecule has 118 valence electrons. The third-order valence-corrected chi connectivity index (χ3v) is 4.10. The summed E-state index contributed by atoms with van der Waals surface area (Å²) in [5.74, 6) is 0. The van der Waals surface area contributed by atoms with Gasteiger partial charge in [0, 0.05) is 21.2 Å². The molecule has 0 saturated carbocycles. The third-order valence-electron chi connectivity index (χ3n) is 3.41. The van der Waals surface area contributed by atoms with Crippen LogP contribution < -0.4 is 5.32 Å². The second kappa shape index (κ2) is 5.85. The number of benzene rings is 2. The lowest BCUT2D eigenvalue weighted by atomic mass is 10.1. The Bertz CT molecular complexity index is 875. The second-order valence-electron chi connectivity index (χ2n) is 5.15. The van der Waals surface area contributed by atoms with E-state index in [4.69, 9.17) is 0 Å². The van der Waals surface area contributed by atoms with Gasteiger partial charge in [-0.3, -0.25) is 4.98 Å². The van der Waals surface area contributed by atoms with Crippen LogP contribution in [0.15, 0.2) is 53.0 Å². The van der Waals surface area contributed by atoms with E-state index in [1.165, 1.54) is 6.07 Å². The van der Waals surface area contributed by atoms with Crippen molar-refractivity contribution in [3.63, 3.8) is 0 Å². The lowest BCUT2D eigenvalue weighted by Gasteiger charge is -2.13. The first-order valence-electron chi connectivity index (χ1n) is 6.85. The number of nitrogens with one attached hydrogen (secondary N) is 1. The number of anilines is 2. The maximum absolute atomic E-state index is 12.9. The fourth-order valence-electron chi connectivity index (χ4n) is 2.35. The van der Waals surface area contributed by atoms with Crippen molar-refractivity contribution in [3.05, 3.63) is 64.3 Å². The van der Waals surface area contributed by atoms with Crippen LogP contribution in [0.1, 0.15) is 11.3 Å². The Morgan fingerprint density at radius 1 is 1.00 bits per heavy atom. The van der Waals surface area contributed by atoms with Gasteiger partial charge >= 0.3 is 6.18 Å². The molecule has 3 rings (SSSR count). The van der Waals surface area contributed by atoms with Gasteiger partial charge in [0.15, 0.2) is 0 Å². The largest absolute Gasteiger partial charge is 0.416 e. The molecule has 0 aliphatic heterocycles. The Morgan fingerprint density at radius 2 is 1.74 bits per heavy atom. The van der Waals surface area contributed by atoms with E-state index in [-0.39, 0.29) is 0 Å². The van der Waals surface area contributed by atoms with Crippen molar-refractivity contribution in [1.29, 1.82) is 0 Å². The van der Waals surface area contributed by atoms with Gasteiger partial charge in [-0.25, -0.2) is 0 Å². The predicted molar refractivity (Wildman–Crippen MR) is 88.9 cm³/mol. The zero-order valence-corrected chi connectivity index (χ0v) is 13.7. The van der Waals surface area contributed by atoms with E-state index in [1.807, 2.05) is 30.3 Å². The molecule has 0 saturated heterocycles. The number of aromatic nitrogens is 1. The van der Waals surface area contributed by atoms with Crippen LogP contribution in [0.4, 0.5) is 24.5 Å². The number of hydrogen-bond donors (Lipinski definition) is 1. The molecule has 1 aromatic heterocycles. The minimum absolute atomic E-state index is 0.314. The zero-order chi connectivity index (χ0) is 16.6. The van der Waals surface area contributed by atoms with Crippen LogP contribution in [0.25, 0.3) is 10.9 Å². The van der Waals surface area contributed by atoms with Gasteiger partial charge in [0.1, 0.15) is 0 Å². The van der Waals surface area contributed by atoms with Crippen molar-refractivity contribution in [2.24, 2.45) is 0 Å². The fourth-order valence-corrected chi connectivity index (χ4v) is 2.73. The van der Waals surface area contributed by atoms with Crippen molar-refractivity contribution >= 4 is 38.2 Å². The summed E-state index contributed by atoms with van der Waals surface area (Å²) >= 11 is 3.45. The lowest BCUT2D eigenvalue weighted by molar-refractivity contribution is -0.137. The number of para-hydroxylation sites is 1. The number of pyridine rings is 1. The van der Waals surface area contributed by atoms with Crippen LogP contribution >= 0.6 is 15.9 Å². The van der Waals surface area contributed by atoms with Gasteiger partial charge < -0.3 is 5.32 Å². The molecule has 0 aliphatic carbocycles. The first kappa shape index (κ1) is 15.8. The molecule has 1 heterocycles. The summed E-state index contributed by atoms with van der Waals surface area (Å²) in [5.41, 5.74) is 1.81. The third kappa shape index (κ3) is 3.32. The van der Waals surface area contributed by atoms with Crippen LogP contribution in [-0.2, 0) is 6.18 Å². The molecule has 6 heteroatoms. The molecule has 0 fully saturated rings. The SMILES string of the molecule is Cc1cc(Nc2ccccc2Br)c2ccc(C(F)(F)F)cc2n1. The predicted octanol–water partition coefficient (Wildman–Crippen LogP) is 6.07. The number of rotatable bonds is 2. The summed E-state index contributed by atoms with van der Waals surface area (Å²) in [7, 11) is 0. The van der Waals surface area contributed by atoms with Crippen LogP contribution in [0, 0.1) is 6.92 Å². The van der Waals surface area contributed by atoms with Crippen LogP contribution in [-0.4, -0.2) is 4.98 Å². The standard InChI is InChI=1S/C17H12BrF3N2/c1-10-8-15(23-14-5-3-2-4-13(14)18)12-7-6-11(17(19,20)21)9-16(12)22-10/h2-9H,1H3,(H,22,23). The van der Waals surface area contributed by atoms with E-state index in [0.717, 1.165) is 22.3 Å². The topological polar surface area (TPSA) is 24.9 Å². The number of halogens is 4. The van der Waals surface area contributed by atoms with Crippen LogP contribution in [0.5, 0.6) is 0 Å². The first-order chi connectivity index (χ1) is 10.8. The van der Waals surface area contributed by atoms with Crippen molar-refractivity contribution < 1.29 is 13.2 Å². The highest BCUT2D eigenvalue weighted by molar-refractivity contribution is 9.10. The molecular weight excluding hydrogens is 369 g/mol. The highest BCUT2D eigenvalue weighted by atomic mass is 79.9. The van der Waals surface area contributed by atoms with Crippen molar-refractivity contribution in [2.45, 2.75) is 13.1 Å². The zero-order valence-electron chi connectivity index (χ0n) is 12.1. The van der Waals surface area contributed by atoms with Crippen molar-refractivity contribution in [3.8, 4) is 0 Å². The second-order valence-corrected chi connectivity index (χ2v) is 6.00. The molecule has 0 aliphatic rings.